The SMILES string of the molecule is CS(=O)(=O)C12CC1c1ccccc1-c1c(C3CCCCC3)c3ccc(C(=O)O)cc3n1C2. The van der Waals surface area contributed by atoms with Crippen LogP contribution in [-0.4, -0.2) is 35.1 Å². The van der Waals surface area contributed by atoms with Crippen molar-refractivity contribution in [3.05, 3.63) is 59.2 Å². The van der Waals surface area contributed by atoms with Gasteiger partial charge in [0.15, 0.2) is 9.84 Å². The van der Waals surface area contributed by atoms with Crippen molar-refractivity contribution >= 4 is 26.7 Å². The predicted molar refractivity (Wildman–Crippen MR) is 125 cm³/mol. The predicted octanol–water partition coefficient (Wildman–Crippen LogP) is 5.34. The Bertz CT molecular complexity index is 1380. The van der Waals surface area contributed by atoms with Crippen LogP contribution in [0.25, 0.3) is 22.2 Å². The minimum atomic E-state index is -3.31. The van der Waals surface area contributed by atoms with Crippen LogP contribution in [0.3, 0.4) is 0 Å². The molecule has 6 rings (SSSR count). The Balaban J connectivity index is 1.72. The summed E-state index contributed by atoms with van der Waals surface area (Å²) < 4.78 is 27.4. The topological polar surface area (TPSA) is 76.4 Å². The zero-order valence-electron chi connectivity index (χ0n) is 18.2. The third-order valence-electron chi connectivity index (χ3n) is 8.14. The first kappa shape index (κ1) is 20.0. The van der Waals surface area contributed by atoms with Crippen LogP contribution in [-0.2, 0) is 16.4 Å². The number of aromatic nitrogens is 1. The zero-order valence-corrected chi connectivity index (χ0v) is 19.0. The second-order valence-electron chi connectivity index (χ2n) is 9.90. The number of hydrogen-bond donors (Lipinski definition) is 1. The number of nitrogens with zero attached hydrogens (tertiary/aromatic N) is 1. The van der Waals surface area contributed by atoms with Crippen LogP contribution >= 0.6 is 0 Å². The van der Waals surface area contributed by atoms with Crippen LogP contribution in [0.15, 0.2) is 42.5 Å². The van der Waals surface area contributed by atoms with Crippen molar-refractivity contribution in [2.45, 2.75) is 61.7 Å². The van der Waals surface area contributed by atoms with Gasteiger partial charge in [-0.1, -0.05) is 49.6 Å². The first-order valence-corrected chi connectivity index (χ1v) is 13.4. The van der Waals surface area contributed by atoms with E-state index in [0.29, 0.717) is 18.9 Å². The highest BCUT2D eigenvalue weighted by Crippen LogP contribution is 2.62. The van der Waals surface area contributed by atoms with E-state index in [1.807, 2.05) is 18.2 Å². The molecule has 3 aliphatic rings. The molecule has 1 N–H and O–H groups in total. The van der Waals surface area contributed by atoms with E-state index in [1.165, 1.54) is 31.1 Å². The molecular weight excluding hydrogens is 422 g/mol. The number of carbonyl (C=O) groups is 1. The van der Waals surface area contributed by atoms with Crippen LogP contribution in [0.4, 0.5) is 0 Å². The Hall–Kier alpha value is -2.60. The van der Waals surface area contributed by atoms with Gasteiger partial charge in [0, 0.05) is 35.2 Å². The third-order valence-corrected chi connectivity index (χ3v) is 10.2. The molecule has 1 aromatic heterocycles. The lowest BCUT2D eigenvalue weighted by atomic mass is 9.81. The summed E-state index contributed by atoms with van der Waals surface area (Å²) >= 11 is 0. The molecule has 166 valence electrons. The molecule has 3 aromatic rings. The van der Waals surface area contributed by atoms with Gasteiger partial charge in [-0.15, -0.1) is 0 Å². The normalized spacial score (nSPS) is 25.0. The van der Waals surface area contributed by atoms with Gasteiger partial charge in [-0.05, 0) is 48.4 Å². The molecular formula is C26H27NO4S. The van der Waals surface area contributed by atoms with E-state index >= 15 is 0 Å². The number of rotatable bonds is 3. The molecule has 0 amide bonds. The Morgan fingerprint density at radius 3 is 2.56 bits per heavy atom. The molecule has 2 atom stereocenters. The Morgan fingerprint density at radius 2 is 1.84 bits per heavy atom. The lowest BCUT2D eigenvalue weighted by Gasteiger charge is -2.24. The number of fused-ring (bicyclic) bond motifs is 7. The van der Waals surface area contributed by atoms with Gasteiger partial charge in [-0.25, -0.2) is 13.2 Å². The van der Waals surface area contributed by atoms with Crippen molar-refractivity contribution < 1.29 is 18.3 Å². The maximum Gasteiger partial charge on any atom is 0.335 e. The summed E-state index contributed by atoms with van der Waals surface area (Å²) in [4.78, 5) is 11.8. The fourth-order valence-corrected chi connectivity index (χ4v) is 7.91. The first-order chi connectivity index (χ1) is 15.3. The van der Waals surface area contributed by atoms with Gasteiger partial charge in [-0.2, -0.15) is 0 Å². The number of carboxylic acid groups (broad SMARTS) is 1. The summed E-state index contributed by atoms with van der Waals surface area (Å²) in [5, 5.41) is 10.7. The molecule has 32 heavy (non-hydrogen) atoms. The number of aromatic carboxylic acids is 1. The summed E-state index contributed by atoms with van der Waals surface area (Å²) in [5.41, 5.74) is 5.73. The monoisotopic (exact) mass is 449 g/mol. The summed E-state index contributed by atoms with van der Waals surface area (Å²) in [6, 6.07) is 13.6. The summed E-state index contributed by atoms with van der Waals surface area (Å²) in [6.45, 7) is 0.382. The first-order valence-electron chi connectivity index (χ1n) is 11.5. The van der Waals surface area contributed by atoms with E-state index in [9.17, 15) is 18.3 Å². The molecule has 6 heteroatoms. The lowest BCUT2D eigenvalue weighted by molar-refractivity contribution is 0.0697. The average Bonchev–Trinajstić information content (AvgIpc) is 3.46. The van der Waals surface area contributed by atoms with E-state index in [-0.39, 0.29) is 11.5 Å². The van der Waals surface area contributed by atoms with Gasteiger partial charge in [0.05, 0.1) is 16.0 Å². The molecule has 2 aromatic carbocycles. The third kappa shape index (κ3) is 2.68. The molecule has 0 radical (unpaired) electrons. The molecule has 0 bridgehead atoms. The largest absolute Gasteiger partial charge is 0.478 e. The molecule has 2 saturated carbocycles. The smallest absolute Gasteiger partial charge is 0.335 e. The van der Waals surface area contributed by atoms with Crippen molar-refractivity contribution in [2.24, 2.45) is 0 Å². The van der Waals surface area contributed by atoms with Gasteiger partial charge in [0.25, 0.3) is 0 Å². The van der Waals surface area contributed by atoms with Crippen LogP contribution in [0.5, 0.6) is 0 Å². The number of carboxylic acids is 1. The number of hydrogen-bond acceptors (Lipinski definition) is 3. The fourth-order valence-electron chi connectivity index (χ4n) is 6.43. The summed E-state index contributed by atoms with van der Waals surface area (Å²) in [6.07, 6.45) is 7.87. The standard InChI is InChI=1S/C26H27NO4S/c1-32(30,31)26-14-21(26)18-9-5-6-10-19(18)24-23(16-7-3-2-4-8-16)20-12-11-17(25(28)29)13-22(20)27(24)15-26/h5-6,9-13,16,21H,2-4,7-8,14-15H2,1H3,(H,28,29). The molecule has 0 saturated heterocycles. The maximum absolute atomic E-state index is 13.0. The van der Waals surface area contributed by atoms with E-state index < -0.39 is 20.6 Å². The van der Waals surface area contributed by atoms with Gasteiger partial charge >= 0.3 is 5.97 Å². The number of sulfone groups is 1. The molecule has 1 aliphatic heterocycles. The van der Waals surface area contributed by atoms with Crippen LogP contribution in [0, 0.1) is 0 Å². The van der Waals surface area contributed by atoms with Gasteiger partial charge in [0.2, 0.25) is 0 Å². The zero-order chi connectivity index (χ0) is 22.3. The van der Waals surface area contributed by atoms with Crippen molar-refractivity contribution in [3.8, 4) is 11.3 Å². The van der Waals surface area contributed by atoms with Crippen molar-refractivity contribution in [1.29, 1.82) is 0 Å². The molecule has 2 fully saturated rings. The molecule has 5 nitrogen and oxygen atoms in total. The Morgan fingerprint density at radius 1 is 1.09 bits per heavy atom. The van der Waals surface area contributed by atoms with Crippen molar-refractivity contribution in [2.75, 3.05) is 6.26 Å². The lowest BCUT2D eigenvalue weighted by Crippen LogP contribution is -2.29. The van der Waals surface area contributed by atoms with Crippen LogP contribution in [0.2, 0.25) is 0 Å². The Kier molecular flexibility index (Phi) is 4.20. The van der Waals surface area contributed by atoms with Crippen molar-refractivity contribution in [1.82, 2.24) is 4.57 Å². The highest BCUT2D eigenvalue weighted by Gasteiger charge is 2.64. The van der Waals surface area contributed by atoms with E-state index in [0.717, 1.165) is 40.6 Å². The highest BCUT2D eigenvalue weighted by atomic mass is 32.2. The Labute approximate surface area is 188 Å². The van der Waals surface area contributed by atoms with Gasteiger partial charge in [0.1, 0.15) is 0 Å². The highest BCUT2D eigenvalue weighted by molar-refractivity contribution is 7.92. The quantitative estimate of drug-likeness (QED) is 0.586. The van der Waals surface area contributed by atoms with Crippen molar-refractivity contribution in [3.63, 3.8) is 0 Å². The second-order valence-corrected chi connectivity index (χ2v) is 12.3. The molecule has 0 spiro atoms. The van der Waals surface area contributed by atoms with Gasteiger partial charge in [-0.3, -0.25) is 0 Å². The fraction of sp³-hybridized carbons (Fsp3) is 0.423. The van der Waals surface area contributed by atoms with E-state index in [4.69, 9.17) is 0 Å². The maximum atomic E-state index is 13.0. The summed E-state index contributed by atoms with van der Waals surface area (Å²) in [7, 11) is -3.31. The molecule has 2 aliphatic carbocycles. The molecule has 2 heterocycles. The minimum absolute atomic E-state index is 0.00878. The average molecular weight is 450 g/mol. The van der Waals surface area contributed by atoms with Crippen LogP contribution in [0.1, 0.15) is 71.8 Å². The van der Waals surface area contributed by atoms with Crippen LogP contribution < -0.4 is 0 Å². The second kappa shape index (κ2) is 6.70. The molecule has 2 unspecified atom stereocenters. The van der Waals surface area contributed by atoms with E-state index in [2.05, 4.69) is 16.7 Å². The number of benzene rings is 2. The van der Waals surface area contributed by atoms with E-state index in [1.54, 1.807) is 12.1 Å². The van der Waals surface area contributed by atoms with Gasteiger partial charge < -0.3 is 9.67 Å². The summed E-state index contributed by atoms with van der Waals surface area (Å²) in [5.74, 6) is -0.557. The minimum Gasteiger partial charge on any atom is -0.478 e.